The second-order valence-electron chi connectivity index (χ2n) is 5.88. The van der Waals surface area contributed by atoms with Gasteiger partial charge >= 0.3 is 5.69 Å². The van der Waals surface area contributed by atoms with E-state index in [-0.39, 0.29) is 0 Å². The molecule has 2 aromatic rings. The fourth-order valence-corrected chi connectivity index (χ4v) is 2.90. The Hall–Kier alpha value is -2.44. The lowest BCUT2D eigenvalue weighted by atomic mass is 9.99. The minimum absolute atomic E-state index is 0.318. The Balaban J connectivity index is 2.02. The fourth-order valence-electron chi connectivity index (χ4n) is 2.90. The molecule has 0 bridgehead atoms. The van der Waals surface area contributed by atoms with Gasteiger partial charge in [0.1, 0.15) is 5.69 Å². The van der Waals surface area contributed by atoms with Crippen molar-refractivity contribution < 1.29 is 0 Å². The summed E-state index contributed by atoms with van der Waals surface area (Å²) in [4.78, 5) is 30.0. The number of piperidine rings is 1. The maximum atomic E-state index is 11.9. The molecule has 1 saturated heterocycles. The first kappa shape index (κ1) is 14.5. The number of nitrogens with zero attached hydrogens (tertiary/aromatic N) is 3. The van der Waals surface area contributed by atoms with Crippen molar-refractivity contribution in [3.63, 3.8) is 0 Å². The van der Waals surface area contributed by atoms with Crippen LogP contribution in [0.15, 0.2) is 21.9 Å². The lowest BCUT2D eigenvalue weighted by Gasteiger charge is -2.33. The van der Waals surface area contributed by atoms with Crippen LogP contribution < -0.4 is 16.1 Å². The number of anilines is 1. The average molecular weight is 301 g/mol. The van der Waals surface area contributed by atoms with Gasteiger partial charge in [-0.25, -0.2) is 4.79 Å². The van der Waals surface area contributed by atoms with Crippen molar-refractivity contribution in [3.05, 3.63) is 38.8 Å². The highest BCUT2D eigenvalue weighted by atomic mass is 16.2. The zero-order valence-corrected chi connectivity index (χ0v) is 12.7. The van der Waals surface area contributed by atoms with Gasteiger partial charge in [-0.3, -0.25) is 9.78 Å². The van der Waals surface area contributed by atoms with Gasteiger partial charge in [-0.15, -0.1) is 5.10 Å². The van der Waals surface area contributed by atoms with E-state index < -0.39 is 11.2 Å². The molecule has 1 atom stereocenters. The standard InChI is InChI=1S/C15H19N5O2/c1-9-4-3-5-20(8-9)13-6-12(19-18-10(13)2)11-7-16-15(22)17-14(11)21/h6-7,9H,3-5,8H2,1-2H3,(H2,16,17,21,22). The molecule has 1 unspecified atom stereocenters. The molecule has 0 radical (unpaired) electrons. The minimum atomic E-state index is -0.529. The van der Waals surface area contributed by atoms with Gasteiger partial charge in [0.15, 0.2) is 0 Å². The number of aromatic amines is 2. The number of hydrogen-bond donors (Lipinski definition) is 2. The van der Waals surface area contributed by atoms with Crippen LogP contribution in [0.2, 0.25) is 0 Å². The fraction of sp³-hybridized carbons (Fsp3) is 0.467. The van der Waals surface area contributed by atoms with Crippen LogP contribution in [-0.2, 0) is 0 Å². The number of aryl methyl sites for hydroxylation is 1. The molecule has 116 valence electrons. The average Bonchev–Trinajstić information content (AvgIpc) is 2.48. The molecule has 0 aliphatic carbocycles. The first-order valence-electron chi connectivity index (χ1n) is 7.46. The highest BCUT2D eigenvalue weighted by Gasteiger charge is 2.20. The molecular weight excluding hydrogens is 282 g/mol. The van der Waals surface area contributed by atoms with Crippen LogP contribution in [0.5, 0.6) is 0 Å². The Kier molecular flexibility index (Phi) is 3.79. The van der Waals surface area contributed by atoms with Crippen LogP contribution in [0, 0.1) is 12.8 Å². The van der Waals surface area contributed by atoms with Crippen LogP contribution in [-0.4, -0.2) is 33.3 Å². The molecule has 3 rings (SSSR count). The Bertz CT molecular complexity index is 795. The van der Waals surface area contributed by atoms with Crippen molar-refractivity contribution >= 4 is 5.69 Å². The van der Waals surface area contributed by atoms with Crippen molar-refractivity contribution in [2.45, 2.75) is 26.7 Å². The molecule has 22 heavy (non-hydrogen) atoms. The second kappa shape index (κ2) is 5.75. The number of nitrogens with one attached hydrogen (secondary N) is 2. The zero-order valence-electron chi connectivity index (χ0n) is 12.7. The van der Waals surface area contributed by atoms with Crippen LogP contribution >= 0.6 is 0 Å². The highest BCUT2D eigenvalue weighted by Crippen LogP contribution is 2.27. The Labute approximate surface area is 127 Å². The molecule has 1 fully saturated rings. The first-order chi connectivity index (χ1) is 10.5. The summed E-state index contributed by atoms with van der Waals surface area (Å²) >= 11 is 0. The normalized spacial score (nSPS) is 18.5. The Morgan fingerprint density at radius 1 is 1.32 bits per heavy atom. The molecule has 0 saturated carbocycles. The summed E-state index contributed by atoms with van der Waals surface area (Å²) in [6.45, 7) is 6.12. The molecule has 1 aliphatic heterocycles. The van der Waals surface area contributed by atoms with E-state index in [4.69, 9.17) is 0 Å². The van der Waals surface area contributed by atoms with E-state index in [0.29, 0.717) is 17.2 Å². The van der Waals surface area contributed by atoms with E-state index in [1.165, 1.54) is 12.6 Å². The maximum absolute atomic E-state index is 11.9. The number of hydrogen-bond acceptors (Lipinski definition) is 5. The monoisotopic (exact) mass is 301 g/mol. The molecule has 2 N–H and O–H groups in total. The third kappa shape index (κ3) is 2.79. The largest absolute Gasteiger partial charge is 0.370 e. The van der Waals surface area contributed by atoms with Crippen molar-refractivity contribution in [2.75, 3.05) is 18.0 Å². The van der Waals surface area contributed by atoms with E-state index in [1.807, 2.05) is 13.0 Å². The van der Waals surface area contributed by atoms with Crippen molar-refractivity contribution in [1.82, 2.24) is 20.2 Å². The summed E-state index contributed by atoms with van der Waals surface area (Å²) in [6.07, 6.45) is 3.77. The minimum Gasteiger partial charge on any atom is -0.370 e. The van der Waals surface area contributed by atoms with Crippen molar-refractivity contribution in [3.8, 4) is 11.3 Å². The molecule has 0 spiro atoms. The predicted octanol–water partition coefficient (Wildman–Crippen LogP) is 1.06. The summed E-state index contributed by atoms with van der Waals surface area (Å²) in [5, 5.41) is 8.28. The Morgan fingerprint density at radius 2 is 2.14 bits per heavy atom. The summed E-state index contributed by atoms with van der Waals surface area (Å²) < 4.78 is 0. The van der Waals surface area contributed by atoms with E-state index in [2.05, 4.69) is 32.0 Å². The molecule has 7 nitrogen and oxygen atoms in total. The van der Waals surface area contributed by atoms with Gasteiger partial charge in [-0.1, -0.05) is 6.92 Å². The topological polar surface area (TPSA) is 94.7 Å². The van der Waals surface area contributed by atoms with Gasteiger partial charge in [-0.05, 0) is 31.7 Å². The van der Waals surface area contributed by atoms with Gasteiger partial charge in [0.2, 0.25) is 0 Å². The van der Waals surface area contributed by atoms with E-state index in [0.717, 1.165) is 30.9 Å². The van der Waals surface area contributed by atoms with Crippen LogP contribution in [0.3, 0.4) is 0 Å². The van der Waals surface area contributed by atoms with E-state index >= 15 is 0 Å². The predicted molar refractivity (Wildman–Crippen MR) is 84.1 cm³/mol. The van der Waals surface area contributed by atoms with E-state index in [1.54, 1.807) is 0 Å². The quantitative estimate of drug-likeness (QED) is 0.865. The van der Waals surface area contributed by atoms with Crippen LogP contribution in [0.4, 0.5) is 5.69 Å². The first-order valence-corrected chi connectivity index (χ1v) is 7.46. The van der Waals surface area contributed by atoms with Crippen LogP contribution in [0.1, 0.15) is 25.5 Å². The number of aromatic nitrogens is 4. The van der Waals surface area contributed by atoms with Crippen LogP contribution in [0.25, 0.3) is 11.3 Å². The lowest BCUT2D eigenvalue weighted by molar-refractivity contribution is 0.446. The smallest absolute Gasteiger partial charge is 0.325 e. The molecule has 7 heteroatoms. The summed E-state index contributed by atoms with van der Waals surface area (Å²) in [7, 11) is 0. The van der Waals surface area contributed by atoms with E-state index in [9.17, 15) is 9.59 Å². The second-order valence-corrected chi connectivity index (χ2v) is 5.88. The molecule has 3 heterocycles. The third-order valence-corrected chi connectivity index (χ3v) is 4.04. The molecule has 1 aliphatic rings. The SMILES string of the molecule is Cc1nnc(-c2c[nH]c(=O)[nH]c2=O)cc1N1CCCC(C)C1. The number of H-pyrrole nitrogens is 2. The third-order valence-electron chi connectivity index (χ3n) is 4.04. The Morgan fingerprint density at radius 3 is 2.86 bits per heavy atom. The van der Waals surface area contributed by atoms with Gasteiger partial charge in [0, 0.05) is 19.3 Å². The zero-order chi connectivity index (χ0) is 15.7. The molecule has 2 aromatic heterocycles. The maximum Gasteiger partial charge on any atom is 0.325 e. The van der Waals surface area contributed by atoms with Gasteiger partial charge in [-0.2, -0.15) is 5.10 Å². The highest BCUT2D eigenvalue weighted by molar-refractivity contribution is 5.64. The lowest BCUT2D eigenvalue weighted by Crippen LogP contribution is -2.35. The summed E-state index contributed by atoms with van der Waals surface area (Å²) in [5.74, 6) is 0.640. The molecule has 0 amide bonds. The van der Waals surface area contributed by atoms with Gasteiger partial charge in [0.25, 0.3) is 5.56 Å². The van der Waals surface area contributed by atoms with Gasteiger partial charge < -0.3 is 9.88 Å². The summed E-state index contributed by atoms with van der Waals surface area (Å²) in [5.41, 5.74) is 1.65. The number of rotatable bonds is 2. The van der Waals surface area contributed by atoms with Crippen molar-refractivity contribution in [1.29, 1.82) is 0 Å². The molecule has 0 aromatic carbocycles. The van der Waals surface area contributed by atoms with Crippen molar-refractivity contribution in [2.24, 2.45) is 5.92 Å². The summed E-state index contributed by atoms with van der Waals surface area (Å²) in [6, 6.07) is 1.88. The van der Waals surface area contributed by atoms with Gasteiger partial charge in [0.05, 0.1) is 16.9 Å². The molecular formula is C15H19N5O2.